The number of fused-ring (bicyclic) bond motifs is 6. The number of para-hydroxylation sites is 2. The Balaban J connectivity index is 1.05. The molecule has 1 unspecified atom stereocenters. The van der Waals surface area contributed by atoms with Crippen LogP contribution in [0.25, 0.3) is 95.2 Å². The van der Waals surface area contributed by atoms with E-state index < -0.39 is 0 Å². The molecule has 1 aliphatic carbocycles. The third-order valence-electron chi connectivity index (χ3n) is 11.5. The van der Waals surface area contributed by atoms with Crippen LogP contribution in [0.1, 0.15) is 18.2 Å². The normalized spacial score (nSPS) is 13.7. The summed E-state index contributed by atoms with van der Waals surface area (Å²) in [5.74, 6) is 1.16. The Morgan fingerprint density at radius 2 is 1.00 bits per heavy atom. The molecule has 0 aliphatic heterocycles. The highest BCUT2D eigenvalue weighted by atomic mass is 15.0. The van der Waals surface area contributed by atoms with Crippen LogP contribution in [0.3, 0.4) is 0 Å². The third kappa shape index (κ3) is 5.68. The summed E-state index contributed by atoms with van der Waals surface area (Å²) >= 11 is 0. The Labute approximate surface area is 331 Å². The number of hydrogen-bond donors (Lipinski definition) is 0. The smallest absolute Gasteiger partial charge is 0.160 e. The highest BCUT2D eigenvalue weighted by Crippen LogP contribution is 2.40. The summed E-state index contributed by atoms with van der Waals surface area (Å²) in [5.41, 5.74) is 15.9. The largest absolute Gasteiger partial charge is 0.310 e. The zero-order valence-electron chi connectivity index (χ0n) is 31.5. The Hall–Kier alpha value is -7.30. The summed E-state index contributed by atoms with van der Waals surface area (Å²) in [7, 11) is 0. The molecule has 0 N–H and O–H groups in total. The number of nitrogens with zero attached hydrogens (tertiary/aromatic N) is 4. The lowest BCUT2D eigenvalue weighted by molar-refractivity contribution is 0.718. The van der Waals surface area contributed by atoms with Gasteiger partial charge in [0.25, 0.3) is 0 Å². The molecule has 4 heteroatoms. The van der Waals surface area contributed by atoms with Crippen molar-refractivity contribution in [2.24, 2.45) is 5.92 Å². The van der Waals surface area contributed by atoms with Crippen LogP contribution in [-0.2, 0) is 6.42 Å². The fourth-order valence-corrected chi connectivity index (χ4v) is 8.75. The van der Waals surface area contributed by atoms with E-state index in [2.05, 4.69) is 198 Å². The number of aromatic nitrogens is 4. The SMILES string of the molecule is CC1C=Cc2c(c3cc(-c4ccc5c(c4)c4ccccc4n5-c4ccccc4)ccc3n2-c2cccc(-c3nc(-c4ccccc4)cc(-c4ccccc4)n3)c2)C1. The van der Waals surface area contributed by atoms with Crippen molar-refractivity contribution in [1.29, 1.82) is 0 Å². The second-order valence-electron chi connectivity index (χ2n) is 15.1. The molecule has 0 amide bonds. The minimum atomic E-state index is 0.456. The number of benzene rings is 7. The van der Waals surface area contributed by atoms with Crippen molar-refractivity contribution < 1.29 is 0 Å². The van der Waals surface area contributed by atoms with Gasteiger partial charge in [-0.05, 0) is 95.8 Å². The molecule has 0 radical (unpaired) electrons. The van der Waals surface area contributed by atoms with Gasteiger partial charge in [0.05, 0.1) is 27.9 Å². The van der Waals surface area contributed by atoms with Crippen LogP contribution in [0.4, 0.5) is 0 Å². The van der Waals surface area contributed by atoms with E-state index in [0.717, 1.165) is 40.2 Å². The van der Waals surface area contributed by atoms with E-state index >= 15 is 0 Å². The summed E-state index contributed by atoms with van der Waals surface area (Å²) in [6, 6.07) is 64.9. The van der Waals surface area contributed by atoms with Gasteiger partial charge in [-0.25, -0.2) is 9.97 Å². The summed E-state index contributed by atoms with van der Waals surface area (Å²) in [6.45, 7) is 2.31. The standard InChI is InChI=1S/C53H38N4/c1-35-24-27-50-44(30-35)46-33-39(38-25-28-51-45(32-38)43-22-11-12-23-49(43)56(51)41-19-9-4-10-20-41)26-29-52(46)57(50)42-21-13-18-40(31-42)53-54-47(36-14-5-2-6-15-36)34-48(55-53)37-16-7-3-8-17-37/h2-29,31-35H,30H2,1H3. The molecule has 7 aromatic carbocycles. The van der Waals surface area contributed by atoms with Crippen LogP contribution in [0.5, 0.6) is 0 Å². The predicted octanol–water partition coefficient (Wildman–Crippen LogP) is 13.4. The van der Waals surface area contributed by atoms with Gasteiger partial charge in [0.2, 0.25) is 0 Å². The molecule has 11 rings (SSSR count). The van der Waals surface area contributed by atoms with E-state index in [1.807, 2.05) is 12.1 Å². The first kappa shape index (κ1) is 33.1. The van der Waals surface area contributed by atoms with Crippen molar-refractivity contribution in [2.45, 2.75) is 13.3 Å². The maximum atomic E-state index is 5.15. The Morgan fingerprint density at radius 1 is 0.439 bits per heavy atom. The van der Waals surface area contributed by atoms with Crippen LogP contribution >= 0.6 is 0 Å². The predicted molar refractivity (Wildman–Crippen MR) is 237 cm³/mol. The molecular formula is C53H38N4. The maximum Gasteiger partial charge on any atom is 0.160 e. The van der Waals surface area contributed by atoms with Gasteiger partial charge in [-0.15, -0.1) is 0 Å². The molecule has 0 fully saturated rings. The highest BCUT2D eigenvalue weighted by Gasteiger charge is 2.23. The molecular weight excluding hydrogens is 693 g/mol. The van der Waals surface area contributed by atoms with Gasteiger partial charge < -0.3 is 9.13 Å². The van der Waals surface area contributed by atoms with Crippen LogP contribution in [0.2, 0.25) is 0 Å². The lowest BCUT2D eigenvalue weighted by atomic mass is 9.92. The average molecular weight is 731 g/mol. The van der Waals surface area contributed by atoms with Crippen molar-refractivity contribution >= 4 is 38.8 Å². The lowest BCUT2D eigenvalue weighted by Gasteiger charge is -2.16. The fraction of sp³-hybridized carbons (Fsp3) is 0.0566. The van der Waals surface area contributed by atoms with Crippen molar-refractivity contribution in [3.63, 3.8) is 0 Å². The fourth-order valence-electron chi connectivity index (χ4n) is 8.75. The van der Waals surface area contributed by atoms with E-state index in [1.54, 1.807) is 0 Å². The van der Waals surface area contributed by atoms with E-state index in [-0.39, 0.29) is 0 Å². The monoisotopic (exact) mass is 730 g/mol. The van der Waals surface area contributed by atoms with Crippen molar-refractivity contribution in [1.82, 2.24) is 19.1 Å². The van der Waals surface area contributed by atoms with Gasteiger partial charge in [-0.3, -0.25) is 0 Å². The zero-order valence-corrected chi connectivity index (χ0v) is 31.5. The summed E-state index contributed by atoms with van der Waals surface area (Å²) in [4.78, 5) is 10.3. The summed E-state index contributed by atoms with van der Waals surface area (Å²) in [6.07, 6.45) is 5.66. The Morgan fingerprint density at radius 3 is 1.70 bits per heavy atom. The topological polar surface area (TPSA) is 35.6 Å². The Bertz CT molecular complexity index is 3100. The molecule has 57 heavy (non-hydrogen) atoms. The molecule has 3 aromatic heterocycles. The van der Waals surface area contributed by atoms with E-state index in [4.69, 9.17) is 9.97 Å². The first-order valence-electron chi connectivity index (χ1n) is 19.7. The molecule has 270 valence electrons. The number of hydrogen-bond acceptors (Lipinski definition) is 2. The quantitative estimate of drug-likeness (QED) is 0.171. The zero-order chi connectivity index (χ0) is 37.9. The molecule has 1 aliphatic rings. The molecule has 1 atom stereocenters. The molecule has 0 spiro atoms. The molecule has 4 nitrogen and oxygen atoms in total. The third-order valence-corrected chi connectivity index (χ3v) is 11.5. The molecule has 0 bridgehead atoms. The molecule has 0 saturated heterocycles. The molecule has 0 saturated carbocycles. The average Bonchev–Trinajstić information content (AvgIpc) is 3.79. The highest BCUT2D eigenvalue weighted by molar-refractivity contribution is 6.10. The second kappa shape index (κ2) is 13.5. The first-order valence-corrected chi connectivity index (χ1v) is 19.7. The van der Waals surface area contributed by atoms with Crippen molar-refractivity contribution in [3.05, 3.63) is 199 Å². The van der Waals surface area contributed by atoms with E-state index in [0.29, 0.717) is 11.7 Å². The minimum Gasteiger partial charge on any atom is -0.310 e. The summed E-state index contributed by atoms with van der Waals surface area (Å²) < 4.78 is 4.80. The number of rotatable bonds is 6. The lowest BCUT2D eigenvalue weighted by Crippen LogP contribution is -2.05. The summed E-state index contributed by atoms with van der Waals surface area (Å²) in [5, 5.41) is 3.81. The molecule has 3 heterocycles. The maximum absolute atomic E-state index is 5.15. The van der Waals surface area contributed by atoms with Gasteiger partial charge in [0.15, 0.2) is 5.82 Å². The van der Waals surface area contributed by atoms with E-state index in [9.17, 15) is 0 Å². The molecule has 10 aromatic rings. The van der Waals surface area contributed by atoms with Gasteiger partial charge in [-0.2, -0.15) is 0 Å². The second-order valence-corrected chi connectivity index (χ2v) is 15.1. The Kier molecular flexibility index (Phi) is 7.82. The van der Waals surface area contributed by atoms with Crippen molar-refractivity contribution in [3.8, 4) is 56.4 Å². The first-order chi connectivity index (χ1) is 28.2. The van der Waals surface area contributed by atoms with Crippen LogP contribution < -0.4 is 0 Å². The van der Waals surface area contributed by atoms with Crippen LogP contribution in [0.15, 0.2) is 188 Å². The van der Waals surface area contributed by atoms with Gasteiger partial charge in [0.1, 0.15) is 0 Å². The number of allylic oxidation sites excluding steroid dienone is 1. The van der Waals surface area contributed by atoms with Crippen molar-refractivity contribution in [2.75, 3.05) is 0 Å². The minimum absolute atomic E-state index is 0.456. The van der Waals surface area contributed by atoms with Gasteiger partial charge >= 0.3 is 0 Å². The van der Waals surface area contributed by atoms with Gasteiger partial charge in [0, 0.05) is 49.9 Å². The van der Waals surface area contributed by atoms with Crippen LogP contribution in [-0.4, -0.2) is 19.1 Å². The van der Waals surface area contributed by atoms with Crippen LogP contribution in [0, 0.1) is 5.92 Å². The van der Waals surface area contributed by atoms with Gasteiger partial charge in [-0.1, -0.05) is 134 Å². The van der Waals surface area contributed by atoms with E-state index in [1.165, 1.54) is 60.8 Å².